The number of aromatic nitrogens is 1. The maximum absolute atomic E-state index is 12.1. The second-order valence-corrected chi connectivity index (χ2v) is 10.7. The fourth-order valence-corrected chi connectivity index (χ4v) is 6.26. The third kappa shape index (κ3) is 5.03. The summed E-state index contributed by atoms with van der Waals surface area (Å²) in [5.74, 6) is 1.15. The Morgan fingerprint density at radius 2 is 1.45 bits per heavy atom. The summed E-state index contributed by atoms with van der Waals surface area (Å²) in [6.45, 7) is 1.85. The Morgan fingerprint density at radius 3 is 2.00 bits per heavy atom. The first-order valence-electron chi connectivity index (χ1n) is 8.80. The lowest BCUT2D eigenvalue weighted by Gasteiger charge is -2.20. The van der Waals surface area contributed by atoms with Gasteiger partial charge in [0, 0.05) is 16.6 Å². The summed E-state index contributed by atoms with van der Waals surface area (Å²) in [5, 5.41) is 1.73. The van der Waals surface area contributed by atoms with Crippen LogP contribution < -0.4 is 13.2 Å². The van der Waals surface area contributed by atoms with E-state index in [0.717, 1.165) is 29.0 Å². The minimum Gasteiger partial charge on any atom is -0.493 e. The van der Waals surface area contributed by atoms with Gasteiger partial charge in [-0.3, -0.25) is 4.98 Å². The predicted molar refractivity (Wildman–Crippen MR) is 124 cm³/mol. The molecule has 1 heterocycles. The number of pyridine rings is 1. The quantitative estimate of drug-likeness (QED) is 0.526. The molecule has 0 saturated carbocycles. The number of aryl methyl sites for hydroxylation is 1. The van der Waals surface area contributed by atoms with Gasteiger partial charge in [0.1, 0.15) is 0 Å². The fraction of sp³-hybridized carbons (Fsp3) is 0.250. The fourth-order valence-electron chi connectivity index (χ4n) is 3.30. The summed E-state index contributed by atoms with van der Waals surface area (Å²) in [6.07, 6.45) is 1.69. The van der Waals surface area contributed by atoms with Crippen molar-refractivity contribution in [3.05, 3.63) is 48.2 Å². The van der Waals surface area contributed by atoms with E-state index in [-0.39, 0.29) is 18.1 Å². The van der Waals surface area contributed by atoms with E-state index in [1.54, 1.807) is 26.4 Å². The lowest BCUT2D eigenvalue weighted by atomic mass is 10.0. The second kappa shape index (κ2) is 8.89. The number of anilines is 1. The van der Waals surface area contributed by atoms with Crippen LogP contribution in [-0.4, -0.2) is 48.6 Å². The van der Waals surface area contributed by atoms with Crippen LogP contribution in [0.2, 0.25) is 0 Å². The van der Waals surface area contributed by atoms with E-state index < -0.39 is 20.0 Å². The van der Waals surface area contributed by atoms with Gasteiger partial charge < -0.3 is 9.47 Å². The molecule has 31 heavy (non-hydrogen) atoms. The summed E-state index contributed by atoms with van der Waals surface area (Å²) in [5.41, 5.74) is 1.89. The molecule has 0 amide bonds. The summed E-state index contributed by atoms with van der Waals surface area (Å²) in [4.78, 5) is 4.61. The van der Waals surface area contributed by atoms with Crippen LogP contribution in [0.4, 0.5) is 5.69 Å². The van der Waals surface area contributed by atoms with Gasteiger partial charge in [-0.25, -0.2) is 16.8 Å². The van der Waals surface area contributed by atoms with Crippen LogP contribution in [0.5, 0.6) is 11.5 Å². The third-order valence-corrected chi connectivity index (χ3v) is 7.73. The van der Waals surface area contributed by atoms with Gasteiger partial charge in [0.2, 0.25) is 20.0 Å². The number of ether oxygens (including phenoxy) is 2. The minimum atomic E-state index is -4.04. The molecule has 0 saturated heterocycles. The molecule has 0 radical (unpaired) electrons. The summed E-state index contributed by atoms with van der Waals surface area (Å²) < 4.78 is 59.5. The van der Waals surface area contributed by atoms with Crippen molar-refractivity contribution in [1.82, 2.24) is 4.98 Å². The minimum absolute atomic E-state index is 0. The first-order chi connectivity index (χ1) is 14.0. The number of nitrogens with zero attached hydrogens (tertiary/aromatic N) is 2. The van der Waals surface area contributed by atoms with E-state index in [9.17, 15) is 16.8 Å². The maximum Gasteiger partial charge on any atom is 0.245 e. The second-order valence-electron chi connectivity index (χ2n) is 6.79. The molecule has 0 atom stereocenters. The Kier molecular flexibility index (Phi) is 7.09. The Labute approximate surface area is 188 Å². The van der Waals surface area contributed by atoms with Gasteiger partial charge in [0.05, 0.1) is 38.1 Å². The van der Waals surface area contributed by atoms with Crippen LogP contribution in [0.1, 0.15) is 5.69 Å². The van der Waals surface area contributed by atoms with Crippen LogP contribution in [0.15, 0.2) is 42.5 Å². The molecule has 0 spiro atoms. The third-order valence-electron chi connectivity index (χ3n) is 4.48. The van der Waals surface area contributed by atoms with E-state index in [2.05, 4.69) is 4.98 Å². The van der Waals surface area contributed by atoms with Crippen LogP contribution in [0.25, 0.3) is 22.0 Å². The number of hydrogen-bond donors (Lipinski definition) is 0. The van der Waals surface area contributed by atoms with Gasteiger partial charge in [0.25, 0.3) is 0 Å². The van der Waals surface area contributed by atoms with E-state index in [0.29, 0.717) is 26.5 Å². The molecule has 0 aliphatic rings. The zero-order chi connectivity index (χ0) is 22.3. The predicted octanol–water partition coefficient (Wildman–Crippen LogP) is 3.37. The monoisotopic (exact) mass is 486 g/mol. The van der Waals surface area contributed by atoms with Crippen molar-refractivity contribution in [3.63, 3.8) is 0 Å². The Morgan fingerprint density at radius 1 is 0.871 bits per heavy atom. The molecule has 0 bridgehead atoms. The van der Waals surface area contributed by atoms with Gasteiger partial charge in [-0.1, -0.05) is 12.1 Å². The normalized spacial score (nSPS) is 11.6. The number of rotatable bonds is 6. The smallest absolute Gasteiger partial charge is 0.245 e. The summed E-state index contributed by atoms with van der Waals surface area (Å²) in [7, 11) is -4.97. The topological polar surface area (TPSA) is 103 Å². The number of hydrogen-bond acceptors (Lipinski definition) is 7. The molecular weight excluding hydrogens is 464 g/mol. The molecular formula is C20H23ClN2O6S2. The Hall–Kier alpha value is -2.56. The Balaban J connectivity index is 0.00000341. The van der Waals surface area contributed by atoms with Crippen LogP contribution in [0.3, 0.4) is 0 Å². The van der Waals surface area contributed by atoms with Gasteiger partial charge in [0.15, 0.2) is 11.5 Å². The van der Waals surface area contributed by atoms with E-state index in [4.69, 9.17) is 9.47 Å². The van der Waals surface area contributed by atoms with Crippen LogP contribution >= 0.6 is 12.4 Å². The standard InChI is InChI=1S/C20H22N2O6S2.ClH/c1-13-17-12-20(28-3)19(27-2)11-15(17)10-18(21-13)14-7-6-8-16(9-14)22(29(4,23)24)30(5,25)26;/h6-12H,1-5H3;1H. The lowest BCUT2D eigenvalue weighted by molar-refractivity contribution is 0.356. The highest BCUT2D eigenvalue weighted by molar-refractivity contribution is 8.09. The van der Waals surface area contributed by atoms with Crippen molar-refractivity contribution < 1.29 is 26.3 Å². The van der Waals surface area contributed by atoms with Crippen molar-refractivity contribution in [3.8, 4) is 22.8 Å². The van der Waals surface area contributed by atoms with Crippen molar-refractivity contribution in [2.75, 3.05) is 30.4 Å². The average Bonchev–Trinajstić information content (AvgIpc) is 2.64. The molecule has 0 aliphatic heterocycles. The average molecular weight is 487 g/mol. The molecule has 2 aromatic carbocycles. The zero-order valence-corrected chi connectivity index (χ0v) is 20.1. The molecule has 0 unspecified atom stereocenters. The van der Waals surface area contributed by atoms with Crippen molar-refractivity contribution in [2.24, 2.45) is 0 Å². The first kappa shape index (κ1) is 24.7. The molecule has 1 aromatic heterocycles. The zero-order valence-electron chi connectivity index (χ0n) is 17.6. The molecule has 0 N–H and O–H groups in total. The van der Waals surface area contributed by atoms with Crippen LogP contribution in [-0.2, 0) is 20.0 Å². The van der Waals surface area contributed by atoms with Gasteiger partial charge >= 0.3 is 0 Å². The SMILES string of the molecule is COc1cc2cc(-c3cccc(N(S(C)(=O)=O)S(C)(=O)=O)c3)nc(C)c2cc1OC.Cl. The molecule has 11 heteroatoms. The largest absolute Gasteiger partial charge is 0.493 e. The number of halogens is 1. The maximum atomic E-state index is 12.1. The highest BCUT2D eigenvalue weighted by Crippen LogP contribution is 2.35. The number of methoxy groups -OCH3 is 2. The van der Waals surface area contributed by atoms with Gasteiger partial charge in [-0.2, -0.15) is 3.71 Å². The van der Waals surface area contributed by atoms with Gasteiger partial charge in [-0.15, -0.1) is 12.4 Å². The lowest BCUT2D eigenvalue weighted by Crippen LogP contribution is -2.35. The summed E-state index contributed by atoms with van der Waals surface area (Å²) >= 11 is 0. The highest BCUT2D eigenvalue weighted by Gasteiger charge is 2.27. The van der Waals surface area contributed by atoms with Crippen LogP contribution in [0, 0.1) is 6.92 Å². The van der Waals surface area contributed by atoms with Crippen molar-refractivity contribution >= 4 is 48.9 Å². The first-order valence-corrected chi connectivity index (χ1v) is 12.5. The van der Waals surface area contributed by atoms with Gasteiger partial charge in [-0.05, 0) is 42.6 Å². The molecule has 168 valence electrons. The number of fused-ring (bicyclic) bond motifs is 1. The van der Waals surface area contributed by atoms with E-state index in [1.165, 1.54) is 12.1 Å². The number of benzene rings is 2. The van der Waals surface area contributed by atoms with E-state index in [1.807, 2.05) is 25.1 Å². The molecule has 3 rings (SSSR count). The van der Waals surface area contributed by atoms with E-state index >= 15 is 0 Å². The number of sulfonamides is 2. The Bertz CT molecular complexity index is 1310. The van der Waals surface area contributed by atoms with Crippen molar-refractivity contribution in [1.29, 1.82) is 0 Å². The summed E-state index contributed by atoms with van der Waals surface area (Å²) in [6, 6.07) is 11.7. The highest BCUT2D eigenvalue weighted by atomic mass is 35.5. The van der Waals surface area contributed by atoms with Crippen molar-refractivity contribution in [2.45, 2.75) is 6.92 Å². The molecule has 8 nitrogen and oxygen atoms in total. The molecule has 0 fully saturated rings. The molecule has 0 aliphatic carbocycles. The molecule has 3 aromatic rings.